The maximum atomic E-state index is 5.58. The van der Waals surface area contributed by atoms with Gasteiger partial charge in [0.15, 0.2) is 0 Å². The average Bonchev–Trinajstić information content (AvgIpc) is 2.41. The molecule has 0 aliphatic heterocycles. The van der Waals surface area contributed by atoms with Crippen LogP contribution in [-0.2, 0) is 4.74 Å². The van der Waals surface area contributed by atoms with Gasteiger partial charge in [0, 0.05) is 25.1 Å². The topological polar surface area (TPSA) is 76.3 Å². The van der Waals surface area contributed by atoms with Gasteiger partial charge in [0.2, 0.25) is 0 Å². The van der Waals surface area contributed by atoms with Crippen molar-refractivity contribution in [2.75, 3.05) is 30.6 Å². The molecule has 1 unspecified atom stereocenters. The van der Waals surface area contributed by atoms with Gasteiger partial charge in [-0.25, -0.2) is 15.8 Å². The molecular weight excluding hydrogens is 254 g/mol. The molecule has 114 valence electrons. The third kappa shape index (κ3) is 3.58. The van der Waals surface area contributed by atoms with Crippen LogP contribution >= 0.6 is 0 Å². The van der Waals surface area contributed by atoms with Gasteiger partial charge in [-0.1, -0.05) is 13.8 Å². The highest BCUT2D eigenvalue weighted by atomic mass is 16.5. The van der Waals surface area contributed by atoms with E-state index in [-0.39, 0.29) is 12.0 Å². The molecule has 1 atom stereocenters. The fraction of sp³-hybridized carbons (Fsp3) is 0.714. The molecule has 1 heterocycles. The summed E-state index contributed by atoms with van der Waals surface area (Å²) in [5.41, 5.74) is 3.63. The first-order valence-electron chi connectivity index (χ1n) is 7.06. The third-order valence-electron chi connectivity index (χ3n) is 3.34. The lowest BCUT2D eigenvalue weighted by molar-refractivity contribution is 0.181. The summed E-state index contributed by atoms with van der Waals surface area (Å²) in [5.74, 6) is 8.22. The smallest absolute Gasteiger partial charge is 0.148 e. The lowest BCUT2D eigenvalue weighted by atomic mass is 10.1. The van der Waals surface area contributed by atoms with Crippen LogP contribution in [0.2, 0.25) is 0 Å². The minimum atomic E-state index is 0.240. The molecule has 0 bridgehead atoms. The molecule has 6 nitrogen and oxygen atoms in total. The van der Waals surface area contributed by atoms with Crippen molar-refractivity contribution >= 4 is 11.6 Å². The molecule has 0 aliphatic rings. The minimum absolute atomic E-state index is 0.240. The van der Waals surface area contributed by atoms with E-state index < -0.39 is 0 Å². The lowest BCUT2D eigenvalue weighted by Crippen LogP contribution is -2.37. The zero-order valence-corrected chi connectivity index (χ0v) is 13.4. The van der Waals surface area contributed by atoms with Gasteiger partial charge in [0.05, 0.1) is 12.6 Å². The Hall–Kier alpha value is -1.40. The van der Waals surface area contributed by atoms with Crippen molar-refractivity contribution < 1.29 is 4.74 Å². The number of ether oxygens (including phenoxy) is 1. The second-order valence-electron chi connectivity index (χ2n) is 5.27. The monoisotopic (exact) mass is 281 g/mol. The van der Waals surface area contributed by atoms with Crippen molar-refractivity contribution in [3.05, 3.63) is 11.4 Å². The molecule has 0 radical (unpaired) electrons. The number of nitrogens with zero attached hydrogens (tertiary/aromatic N) is 3. The summed E-state index contributed by atoms with van der Waals surface area (Å²) in [5, 5.41) is 0. The summed E-state index contributed by atoms with van der Waals surface area (Å²) in [6, 6.07) is 0.240. The van der Waals surface area contributed by atoms with Gasteiger partial charge in [0.25, 0.3) is 0 Å². The van der Waals surface area contributed by atoms with Crippen molar-refractivity contribution in [2.45, 2.75) is 46.6 Å². The summed E-state index contributed by atoms with van der Waals surface area (Å²) in [7, 11) is 1.71. The molecule has 1 aromatic rings. The molecule has 0 saturated carbocycles. The van der Waals surface area contributed by atoms with Crippen molar-refractivity contribution in [2.24, 2.45) is 5.84 Å². The first-order chi connectivity index (χ1) is 9.46. The summed E-state index contributed by atoms with van der Waals surface area (Å²) in [4.78, 5) is 11.4. The van der Waals surface area contributed by atoms with E-state index in [1.165, 1.54) is 0 Å². The van der Waals surface area contributed by atoms with E-state index in [0.29, 0.717) is 12.4 Å². The van der Waals surface area contributed by atoms with Crippen LogP contribution in [0.4, 0.5) is 11.6 Å². The average molecular weight is 281 g/mol. The number of nitrogen functional groups attached to an aromatic ring is 1. The minimum Gasteiger partial charge on any atom is -0.383 e. The summed E-state index contributed by atoms with van der Waals surface area (Å²) < 4.78 is 5.26. The molecule has 20 heavy (non-hydrogen) atoms. The maximum Gasteiger partial charge on any atom is 0.148 e. The zero-order chi connectivity index (χ0) is 15.3. The van der Waals surface area contributed by atoms with Gasteiger partial charge in [-0.15, -0.1) is 0 Å². The Morgan fingerprint density at radius 3 is 2.40 bits per heavy atom. The van der Waals surface area contributed by atoms with Gasteiger partial charge in [-0.05, 0) is 20.8 Å². The standard InChI is InChI=1S/C14H27N5O/c1-7-19(10(4)8-20-6)14-11(5)13(18-15)16-12(17-14)9(2)3/h9-10H,7-8,15H2,1-6H3,(H,16,17,18). The molecule has 0 aromatic carbocycles. The SMILES string of the molecule is CCN(c1nc(C(C)C)nc(NN)c1C)C(C)COC. The molecule has 1 aromatic heterocycles. The predicted octanol–water partition coefficient (Wildman–Crippen LogP) is 2.06. The van der Waals surface area contributed by atoms with Crippen molar-refractivity contribution in [3.8, 4) is 0 Å². The number of hydrogen-bond donors (Lipinski definition) is 2. The number of nitrogens with two attached hydrogens (primary N) is 1. The maximum absolute atomic E-state index is 5.58. The van der Waals surface area contributed by atoms with Crippen molar-refractivity contribution in [1.29, 1.82) is 0 Å². The van der Waals surface area contributed by atoms with Crippen LogP contribution < -0.4 is 16.2 Å². The van der Waals surface area contributed by atoms with Gasteiger partial charge in [-0.2, -0.15) is 0 Å². The van der Waals surface area contributed by atoms with E-state index in [4.69, 9.17) is 15.6 Å². The Morgan fingerprint density at radius 1 is 1.30 bits per heavy atom. The van der Waals surface area contributed by atoms with E-state index in [2.05, 4.69) is 43.0 Å². The normalized spacial score (nSPS) is 12.6. The lowest BCUT2D eigenvalue weighted by Gasteiger charge is -2.30. The Kier molecular flexibility index (Phi) is 6.16. The van der Waals surface area contributed by atoms with E-state index in [1.807, 2.05) is 6.92 Å². The third-order valence-corrected chi connectivity index (χ3v) is 3.34. The van der Waals surface area contributed by atoms with E-state index in [9.17, 15) is 0 Å². The number of hydrogen-bond acceptors (Lipinski definition) is 6. The van der Waals surface area contributed by atoms with E-state index in [0.717, 1.165) is 23.8 Å². The Bertz CT molecular complexity index is 436. The van der Waals surface area contributed by atoms with Gasteiger partial charge < -0.3 is 15.1 Å². The molecule has 1 rings (SSSR count). The van der Waals surface area contributed by atoms with Gasteiger partial charge >= 0.3 is 0 Å². The van der Waals surface area contributed by atoms with Crippen LogP contribution in [0.1, 0.15) is 45.0 Å². The number of nitrogens with one attached hydrogen (secondary N) is 1. The number of hydrazine groups is 1. The highest BCUT2D eigenvalue weighted by Gasteiger charge is 2.20. The molecule has 0 spiro atoms. The number of rotatable bonds is 7. The summed E-state index contributed by atoms with van der Waals surface area (Å²) in [6.45, 7) is 11.9. The van der Waals surface area contributed by atoms with Crippen molar-refractivity contribution in [1.82, 2.24) is 9.97 Å². The van der Waals surface area contributed by atoms with Crippen LogP contribution in [0.3, 0.4) is 0 Å². The number of methoxy groups -OCH3 is 1. The highest BCUT2D eigenvalue weighted by molar-refractivity contribution is 5.58. The number of aromatic nitrogens is 2. The Balaban J connectivity index is 3.29. The molecule has 6 heteroatoms. The largest absolute Gasteiger partial charge is 0.383 e. The Labute approximate surface area is 121 Å². The zero-order valence-electron chi connectivity index (χ0n) is 13.4. The highest BCUT2D eigenvalue weighted by Crippen LogP contribution is 2.26. The number of anilines is 2. The van der Waals surface area contributed by atoms with Crippen LogP contribution in [0.5, 0.6) is 0 Å². The van der Waals surface area contributed by atoms with Crippen LogP contribution in [0, 0.1) is 6.92 Å². The van der Waals surface area contributed by atoms with Gasteiger partial charge in [-0.3, -0.25) is 0 Å². The second-order valence-corrected chi connectivity index (χ2v) is 5.27. The second kappa shape index (κ2) is 7.40. The molecular formula is C14H27N5O. The predicted molar refractivity (Wildman–Crippen MR) is 83.0 cm³/mol. The molecule has 3 N–H and O–H groups in total. The van der Waals surface area contributed by atoms with Gasteiger partial charge in [0.1, 0.15) is 17.5 Å². The fourth-order valence-corrected chi connectivity index (χ4v) is 2.20. The van der Waals surface area contributed by atoms with Crippen LogP contribution in [0.15, 0.2) is 0 Å². The molecule has 0 amide bonds. The van der Waals surface area contributed by atoms with Crippen LogP contribution in [-0.4, -0.2) is 36.3 Å². The molecule has 0 aliphatic carbocycles. The molecule has 0 saturated heterocycles. The Morgan fingerprint density at radius 2 is 1.95 bits per heavy atom. The molecule has 0 fully saturated rings. The quantitative estimate of drug-likeness (QED) is 0.588. The first kappa shape index (κ1) is 16.7. The summed E-state index contributed by atoms with van der Waals surface area (Å²) >= 11 is 0. The summed E-state index contributed by atoms with van der Waals surface area (Å²) in [6.07, 6.45) is 0. The van der Waals surface area contributed by atoms with E-state index in [1.54, 1.807) is 7.11 Å². The van der Waals surface area contributed by atoms with Crippen LogP contribution in [0.25, 0.3) is 0 Å². The van der Waals surface area contributed by atoms with E-state index >= 15 is 0 Å². The van der Waals surface area contributed by atoms with Crippen molar-refractivity contribution in [3.63, 3.8) is 0 Å². The first-order valence-corrected chi connectivity index (χ1v) is 7.06. The number of likely N-dealkylation sites (N-methyl/N-ethyl adjacent to an activating group) is 1. The fourth-order valence-electron chi connectivity index (χ4n) is 2.20.